The van der Waals surface area contributed by atoms with Crippen molar-refractivity contribution >= 4 is 11.6 Å². The molecule has 0 atom stereocenters. The van der Waals surface area contributed by atoms with Crippen LogP contribution in [0.4, 0.5) is 5.69 Å². The van der Waals surface area contributed by atoms with Crippen molar-refractivity contribution < 1.29 is 4.79 Å². The van der Waals surface area contributed by atoms with Crippen LogP contribution in [-0.4, -0.2) is 23.9 Å². The van der Waals surface area contributed by atoms with Gasteiger partial charge in [-0.15, -0.1) is 0 Å². The highest BCUT2D eigenvalue weighted by Gasteiger charge is 2.29. The molecule has 3 aromatic carbocycles. The quantitative estimate of drug-likeness (QED) is 0.462. The number of rotatable bonds is 6. The smallest absolute Gasteiger partial charge is 0.229 e. The predicted molar refractivity (Wildman–Crippen MR) is 137 cm³/mol. The third kappa shape index (κ3) is 6.11. The molecule has 0 unspecified atom stereocenters. The fourth-order valence-electron chi connectivity index (χ4n) is 4.77. The number of amides is 1. The molecular weight excluding hydrogens is 404 g/mol. The molecule has 33 heavy (non-hydrogen) atoms. The molecule has 1 heterocycles. The molecule has 172 valence electrons. The highest BCUT2D eigenvalue weighted by Crippen LogP contribution is 2.38. The molecule has 3 aromatic rings. The van der Waals surface area contributed by atoms with Gasteiger partial charge in [-0.2, -0.15) is 0 Å². The van der Waals surface area contributed by atoms with E-state index < -0.39 is 0 Å². The summed E-state index contributed by atoms with van der Waals surface area (Å²) < 4.78 is 0. The zero-order valence-corrected chi connectivity index (χ0v) is 20.1. The summed E-state index contributed by atoms with van der Waals surface area (Å²) in [6.45, 7) is 8.98. The second-order valence-corrected chi connectivity index (χ2v) is 10.3. The SMILES string of the molecule is CC(C)(C)C(=O)Nc1ccc(CN2CCC(C(c3ccccc3)c3ccccc3)CC2)cc1. The maximum Gasteiger partial charge on any atom is 0.229 e. The first kappa shape index (κ1) is 23.3. The Morgan fingerprint density at radius 2 is 1.36 bits per heavy atom. The van der Waals surface area contributed by atoms with Crippen LogP contribution in [0.3, 0.4) is 0 Å². The number of hydrogen-bond acceptors (Lipinski definition) is 2. The standard InChI is InChI=1S/C30H36N2O/c1-30(2,3)29(33)31-27-16-14-23(15-17-27)22-32-20-18-26(19-21-32)28(24-10-6-4-7-11-24)25-12-8-5-9-13-25/h4-17,26,28H,18-22H2,1-3H3,(H,31,33). The number of anilines is 1. The molecule has 1 saturated heterocycles. The Kier molecular flexibility index (Phi) is 7.29. The third-order valence-electron chi connectivity index (χ3n) is 6.72. The number of nitrogens with zero attached hydrogens (tertiary/aromatic N) is 1. The van der Waals surface area contributed by atoms with Crippen LogP contribution >= 0.6 is 0 Å². The number of benzene rings is 3. The second kappa shape index (κ2) is 10.4. The van der Waals surface area contributed by atoms with Gasteiger partial charge in [0, 0.05) is 23.6 Å². The lowest BCUT2D eigenvalue weighted by molar-refractivity contribution is -0.123. The Hall–Kier alpha value is -2.91. The molecule has 3 heteroatoms. The topological polar surface area (TPSA) is 32.3 Å². The molecule has 1 amide bonds. The number of carbonyl (C=O) groups excluding carboxylic acids is 1. The average molecular weight is 441 g/mol. The van der Waals surface area contributed by atoms with E-state index in [9.17, 15) is 4.79 Å². The lowest BCUT2D eigenvalue weighted by atomic mass is 9.76. The van der Waals surface area contributed by atoms with Gasteiger partial charge in [-0.25, -0.2) is 0 Å². The lowest BCUT2D eigenvalue weighted by Gasteiger charge is -2.36. The van der Waals surface area contributed by atoms with E-state index in [1.54, 1.807) is 0 Å². The van der Waals surface area contributed by atoms with Gasteiger partial charge in [0.2, 0.25) is 5.91 Å². The highest BCUT2D eigenvalue weighted by molar-refractivity contribution is 5.94. The molecule has 1 fully saturated rings. The van der Waals surface area contributed by atoms with Crippen LogP contribution in [0.5, 0.6) is 0 Å². The number of carbonyl (C=O) groups is 1. The molecule has 4 rings (SSSR count). The minimum absolute atomic E-state index is 0.0451. The molecule has 0 bridgehead atoms. The van der Waals surface area contributed by atoms with E-state index in [1.807, 2.05) is 32.9 Å². The zero-order chi connectivity index (χ0) is 23.3. The number of likely N-dealkylation sites (tertiary alicyclic amines) is 1. The molecule has 1 aliphatic rings. The van der Waals surface area contributed by atoms with Crippen LogP contribution in [0.1, 0.15) is 56.2 Å². The van der Waals surface area contributed by atoms with Gasteiger partial charge < -0.3 is 5.32 Å². The number of nitrogens with one attached hydrogen (secondary N) is 1. The molecular formula is C30H36N2O. The molecule has 0 saturated carbocycles. The van der Waals surface area contributed by atoms with Crippen LogP contribution in [0.25, 0.3) is 0 Å². The summed E-state index contributed by atoms with van der Waals surface area (Å²) >= 11 is 0. The lowest BCUT2D eigenvalue weighted by Crippen LogP contribution is -2.35. The first-order chi connectivity index (χ1) is 15.9. The second-order valence-electron chi connectivity index (χ2n) is 10.3. The largest absolute Gasteiger partial charge is 0.326 e. The first-order valence-electron chi connectivity index (χ1n) is 12.1. The van der Waals surface area contributed by atoms with Gasteiger partial charge in [-0.05, 0) is 60.7 Å². The van der Waals surface area contributed by atoms with Crippen molar-refractivity contribution in [2.75, 3.05) is 18.4 Å². The van der Waals surface area contributed by atoms with Gasteiger partial charge in [-0.1, -0.05) is 93.6 Å². The monoisotopic (exact) mass is 440 g/mol. The van der Waals surface area contributed by atoms with Gasteiger partial charge in [-0.3, -0.25) is 9.69 Å². The first-order valence-corrected chi connectivity index (χ1v) is 12.1. The maximum atomic E-state index is 12.2. The fraction of sp³-hybridized carbons (Fsp3) is 0.367. The van der Waals surface area contributed by atoms with E-state index in [1.165, 1.54) is 29.5 Å². The van der Waals surface area contributed by atoms with Crippen LogP contribution in [0.15, 0.2) is 84.9 Å². The van der Waals surface area contributed by atoms with Crippen LogP contribution in [0, 0.1) is 11.3 Å². The van der Waals surface area contributed by atoms with Gasteiger partial charge >= 0.3 is 0 Å². The van der Waals surface area contributed by atoms with Crippen molar-refractivity contribution in [2.24, 2.45) is 11.3 Å². The maximum absolute atomic E-state index is 12.2. The summed E-state index contributed by atoms with van der Waals surface area (Å²) in [7, 11) is 0. The van der Waals surface area contributed by atoms with Crippen molar-refractivity contribution in [3.05, 3.63) is 102 Å². The summed E-state index contributed by atoms with van der Waals surface area (Å²) in [6, 6.07) is 30.3. The molecule has 3 nitrogen and oxygen atoms in total. The van der Waals surface area contributed by atoms with E-state index in [0.717, 1.165) is 25.3 Å². The van der Waals surface area contributed by atoms with Crippen molar-refractivity contribution in [3.8, 4) is 0 Å². The molecule has 0 aliphatic carbocycles. The summed E-state index contributed by atoms with van der Waals surface area (Å²) in [4.78, 5) is 14.8. The van der Waals surface area contributed by atoms with Crippen molar-refractivity contribution in [3.63, 3.8) is 0 Å². The minimum atomic E-state index is -0.389. The van der Waals surface area contributed by atoms with E-state index in [4.69, 9.17) is 0 Å². The summed E-state index contributed by atoms with van der Waals surface area (Å²) in [6.07, 6.45) is 2.41. The Balaban J connectivity index is 1.37. The molecule has 0 aromatic heterocycles. The zero-order valence-electron chi connectivity index (χ0n) is 20.1. The molecule has 1 aliphatic heterocycles. The van der Waals surface area contributed by atoms with E-state index in [2.05, 4.69) is 83.0 Å². The van der Waals surface area contributed by atoms with E-state index in [0.29, 0.717) is 11.8 Å². The van der Waals surface area contributed by atoms with E-state index in [-0.39, 0.29) is 11.3 Å². The average Bonchev–Trinajstić information content (AvgIpc) is 2.82. The van der Waals surface area contributed by atoms with Gasteiger partial charge in [0.1, 0.15) is 0 Å². The van der Waals surface area contributed by atoms with Crippen molar-refractivity contribution in [2.45, 2.75) is 46.1 Å². The van der Waals surface area contributed by atoms with Crippen LogP contribution < -0.4 is 5.32 Å². The Morgan fingerprint density at radius 1 is 0.848 bits per heavy atom. The van der Waals surface area contributed by atoms with Gasteiger partial charge in [0.15, 0.2) is 0 Å². The van der Waals surface area contributed by atoms with Crippen LogP contribution in [-0.2, 0) is 11.3 Å². The Bertz CT molecular complexity index is 975. The minimum Gasteiger partial charge on any atom is -0.326 e. The van der Waals surface area contributed by atoms with Crippen LogP contribution in [0.2, 0.25) is 0 Å². The fourth-order valence-corrected chi connectivity index (χ4v) is 4.77. The normalized spacial score (nSPS) is 15.5. The summed E-state index contributed by atoms with van der Waals surface area (Å²) in [5.74, 6) is 1.16. The van der Waals surface area contributed by atoms with Crippen molar-refractivity contribution in [1.29, 1.82) is 0 Å². The number of piperidine rings is 1. The highest BCUT2D eigenvalue weighted by atomic mass is 16.2. The van der Waals surface area contributed by atoms with E-state index >= 15 is 0 Å². The Morgan fingerprint density at radius 3 is 1.85 bits per heavy atom. The molecule has 0 radical (unpaired) electrons. The number of hydrogen-bond donors (Lipinski definition) is 1. The van der Waals surface area contributed by atoms with Crippen molar-refractivity contribution in [1.82, 2.24) is 4.90 Å². The third-order valence-corrected chi connectivity index (χ3v) is 6.72. The predicted octanol–water partition coefficient (Wildman–Crippen LogP) is 6.72. The summed E-state index contributed by atoms with van der Waals surface area (Å²) in [5.41, 5.74) is 4.63. The van der Waals surface area contributed by atoms with Gasteiger partial charge in [0.25, 0.3) is 0 Å². The molecule has 0 spiro atoms. The molecule has 1 N–H and O–H groups in total. The van der Waals surface area contributed by atoms with Gasteiger partial charge in [0.05, 0.1) is 0 Å². The Labute approximate surface area is 198 Å². The summed E-state index contributed by atoms with van der Waals surface area (Å²) in [5, 5.41) is 3.01.